The maximum absolute atomic E-state index is 6.05. The molecular formula is C19H29NO4. The molecule has 5 nitrogen and oxygen atoms in total. The lowest BCUT2D eigenvalue weighted by atomic mass is 9.92. The first kappa shape index (κ1) is 16.7. The van der Waals surface area contributed by atoms with E-state index < -0.39 is 11.6 Å². The minimum atomic E-state index is -0.480. The normalized spacial score (nSPS) is 45.4. The van der Waals surface area contributed by atoms with Gasteiger partial charge in [-0.2, -0.15) is 0 Å². The summed E-state index contributed by atoms with van der Waals surface area (Å²) in [6.45, 7) is 7.95. The molecule has 0 spiro atoms. The van der Waals surface area contributed by atoms with Crippen molar-refractivity contribution in [1.29, 1.82) is 0 Å². The van der Waals surface area contributed by atoms with Crippen LogP contribution in [-0.2, 0) is 18.9 Å². The Balaban J connectivity index is 1.42. The number of ether oxygens (including phenoxy) is 4. The Kier molecular flexibility index (Phi) is 3.93. The predicted molar refractivity (Wildman–Crippen MR) is 90.5 cm³/mol. The lowest BCUT2D eigenvalue weighted by molar-refractivity contribution is -0.144. The Morgan fingerprint density at radius 3 is 1.54 bits per heavy atom. The summed E-state index contributed by atoms with van der Waals surface area (Å²) in [5.41, 5.74) is 0. The van der Waals surface area contributed by atoms with Crippen LogP contribution < -0.4 is 0 Å². The van der Waals surface area contributed by atoms with Gasteiger partial charge in [-0.1, -0.05) is 24.3 Å². The van der Waals surface area contributed by atoms with Gasteiger partial charge >= 0.3 is 0 Å². The largest absolute Gasteiger partial charge is 0.344 e. The SMILES string of the molecule is CN(C1C=CC2OC(C)(C)OC2C1)C1C=CC2OC(C)(C)OC2C1. The Bertz CT molecular complexity index is 508. The van der Waals surface area contributed by atoms with Crippen LogP contribution >= 0.6 is 0 Å². The van der Waals surface area contributed by atoms with Gasteiger partial charge in [0, 0.05) is 12.1 Å². The van der Waals surface area contributed by atoms with Gasteiger partial charge in [0.1, 0.15) is 12.2 Å². The van der Waals surface area contributed by atoms with Crippen molar-refractivity contribution in [3.63, 3.8) is 0 Å². The van der Waals surface area contributed by atoms with Crippen molar-refractivity contribution in [2.24, 2.45) is 0 Å². The smallest absolute Gasteiger partial charge is 0.164 e. The molecule has 0 amide bonds. The quantitative estimate of drug-likeness (QED) is 0.726. The molecule has 5 heteroatoms. The molecule has 6 atom stereocenters. The van der Waals surface area contributed by atoms with Crippen molar-refractivity contribution in [3.8, 4) is 0 Å². The number of likely N-dealkylation sites (N-methyl/N-ethyl adjacent to an activating group) is 1. The molecule has 0 bridgehead atoms. The minimum Gasteiger partial charge on any atom is -0.344 e. The fraction of sp³-hybridized carbons (Fsp3) is 0.789. The van der Waals surface area contributed by atoms with Gasteiger partial charge < -0.3 is 18.9 Å². The molecule has 2 saturated heterocycles. The lowest BCUT2D eigenvalue weighted by Gasteiger charge is -2.38. The highest BCUT2D eigenvalue weighted by Crippen LogP contribution is 2.38. The highest BCUT2D eigenvalue weighted by molar-refractivity contribution is 5.14. The molecule has 2 aliphatic carbocycles. The van der Waals surface area contributed by atoms with E-state index in [2.05, 4.69) is 36.3 Å². The first-order valence-corrected chi connectivity index (χ1v) is 9.02. The second-order valence-corrected chi connectivity index (χ2v) is 8.32. The van der Waals surface area contributed by atoms with Crippen LogP contribution in [0.15, 0.2) is 24.3 Å². The van der Waals surface area contributed by atoms with Gasteiger partial charge in [0.25, 0.3) is 0 Å². The third-order valence-corrected chi connectivity index (χ3v) is 5.48. The van der Waals surface area contributed by atoms with Crippen LogP contribution in [0.2, 0.25) is 0 Å². The van der Waals surface area contributed by atoms with E-state index >= 15 is 0 Å². The van der Waals surface area contributed by atoms with Crippen molar-refractivity contribution in [3.05, 3.63) is 24.3 Å². The van der Waals surface area contributed by atoms with Crippen LogP contribution in [0.1, 0.15) is 40.5 Å². The monoisotopic (exact) mass is 335 g/mol. The topological polar surface area (TPSA) is 40.2 Å². The van der Waals surface area contributed by atoms with Gasteiger partial charge in [-0.25, -0.2) is 0 Å². The third-order valence-electron chi connectivity index (χ3n) is 5.48. The zero-order chi connectivity index (χ0) is 17.1. The molecule has 4 aliphatic rings. The lowest BCUT2D eigenvalue weighted by Crippen LogP contribution is -2.46. The van der Waals surface area contributed by atoms with Gasteiger partial charge in [0.05, 0.1) is 12.2 Å². The van der Waals surface area contributed by atoms with E-state index in [9.17, 15) is 0 Å². The van der Waals surface area contributed by atoms with Crippen LogP contribution in [0, 0.1) is 0 Å². The highest BCUT2D eigenvalue weighted by Gasteiger charge is 2.46. The van der Waals surface area contributed by atoms with Gasteiger partial charge in [-0.15, -0.1) is 0 Å². The Morgan fingerprint density at radius 1 is 0.708 bits per heavy atom. The number of hydrogen-bond acceptors (Lipinski definition) is 5. The fourth-order valence-corrected chi connectivity index (χ4v) is 4.38. The van der Waals surface area contributed by atoms with Crippen molar-refractivity contribution in [1.82, 2.24) is 4.90 Å². The second kappa shape index (κ2) is 5.64. The zero-order valence-electron chi connectivity index (χ0n) is 15.3. The number of rotatable bonds is 2. The molecule has 0 aromatic heterocycles. The van der Waals surface area contributed by atoms with E-state index in [1.54, 1.807) is 0 Å². The summed E-state index contributed by atoms with van der Waals surface area (Å²) in [4.78, 5) is 2.42. The molecule has 0 saturated carbocycles. The van der Waals surface area contributed by atoms with Crippen molar-refractivity contribution in [2.45, 2.75) is 88.6 Å². The molecule has 2 heterocycles. The molecule has 6 unspecified atom stereocenters. The van der Waals surface area contributed by atoms with E-state index in [-0.39, 0.29) is 24.4 Å². The summed E-state index contributed by atoms with van der Waals surface area (Å²) in [5, 5.41) is 0. The molecular weight excluding hydrogens is 306 g/mol. The maximum Gasteiger partial charge on any atom is 0.164 e. The third kappa shape index (κ3) is 3.08. The Hall–Kier alpha value is -0.720. The second-order valence-electron chi connectivity index (χ2n) is 8.32. The standard InChI is InChI=1S/C19H29NO4/c1-18(2)21-14-8-6-12(10-16(14)23-18)20(5)13-7-9-15-17(11-13)24-19(3,4)22-15/h6-9,12-17H,10-11H2,1-5H3. The summed E-state index contributed by atoms with van der Waals surface area (Å²) in [6.07, 6.45) is 11.2. The molecule has 0 N–H and O–H groups in total. The van der Waals surface area contributed by atoms with Gasteiger partial charge in [0.15, 0.2) is 11.6 Å². The van der Waals surface area contributed by atoms with E-state index in [4.69, 9.17) is 18.9 Å². The molecule has 4 rings (SSSR count). The van der Waals surface area contributed by atoms with Crippen LogP contribution in [0.25, 0.3) is 0 Å². The van der Waals surface area contributed by atoms with Crippen molar-refractivity contribution in [2.75, 3.05) is 7.05 Å². The zero-order valence-corrected chi connectivity index (χ0v) is 15.3. The average Bonchev–Trinajstić information content (AvgIpc) is 2.96. The van der Waals surface area contributed by atoms with Gasteiger partial charge in [0.2, 0.25) is 0 Å². The molecule has 0 radical (unpaired) electrons. The number of nitrogens with zero attached hydrogens (tertiary/aromatic N) is 1. The molecule has 24 heavy (non-hydrogen) atoms. The van der Waals surface area contributed by atoms with Crippen LogP contribution in [0.4, 0.5) is 0 Å². The maximum atomic E-state index is 6.05. The molecule has 2 aliphatic heterocycles. The molecule has 0 aromatic rings. The summed E-state index contributed by atoms with van der Waals surface area (Å²) < 4.78 is 24.0. The van der Waals surface area contributed by atoms with Crippen molar-refractivity contribution < 1.29 is 18.9 Å². The number of fused-ring (bicyclic) bond motifs is 2. The molecule has 2 fully saturated rings. The van der Waals surface area contributed by atoms with E-state index in [1.807, 2.05) is 27.7 Å². The number of hydrogen-bond donors (Lipinski definition) is 0. The van der Waals surface area contributed by atoms with Crippen LogP contribution in [-0.4, -0.2) is 60.0 Å². The van der Waals surface area contributed by atoms with Gasteiger partial charge in [-0.05, 0) is 47.6 Å². The Labute approximate surface area is 144 Å². The molecule has 134 valence electrons. The van der Waals surface area contributed by atoms with Crippen LogP contribution in [0.5, 0.6) is 0 Å². The van der Waals surface area contributed by atoms with E-state index in [0.717, 1.165) is 12.8 Å². The van der Waals surface area contributed by atoms with Crippen LogP contribution in [0.3, 0.4) is 0 Å². The minimum absolute atomic E-state index is 0.0864. The average molecular weight is 335 g/mol. The Morgan fingerprint density at radius 2 is 1.12 bits per heavy atom. The summed E-state index contributed by atoms with van der Waals surface area (Å²) >= 11 is 0. The van der Waals surface area contributed by atoms with Crippen molar-refractivity contribution >= 4 is 0 Å². The highest BCUT2D eigenvalue weighted by atomic mass is 16.8. The fourth-order valence-electron chi connectivity index (χ4n) is 4.38. The summed E-state index contributed by atoms with van der Waals surface area (Å²) in [5.74, 6) is -0.961. The van der Waals surface area contributed by atoms with E-state index in [1.165, 1.54) is 0 Å². The first-order chi connectivity index (χ1) is 11.2. The van der Waals surface area contributed by atoms with E-state index in [0.29, 0.717) is 12.1 Å². The van der Waals surface area contributed by atoms with Gasteiger partial charge in [-0.3, -0.25) is 4.90 Å². The summed E-state index contributed by atoms with van der Waals surface area (Å²) in [6, 6.07) is 0.704. The predicted octanol–water partition coefficient (Wildman–Crippen LogP) is 2.62. The first-order valence-electron chi connectivity index (χ1n) is 9.02. The molecule has 0 aromatic carbocycles. The summed E-state index contributed by atoms with van der Waals surface area (Å²) in [7, 11) is 2.19.